The van der Waals surface area contributed by atoms with Gasteiger partial charge in [-0.25, -0.2) is 4.98 Å². The van der Waals surface area contributed by atoms with E-state index in [1.165, 1.54) is 5.56 Å². The van der Waals surface area contributed by atoms with Crippen molar-refractivity contribution < 1.29 is 13.6 Å². The average molecular weight is 376 g/mol. The van der Waals surface area contributed by atoms with Crippen LogP contribution in [0.25, 0.3) is 22.2 Å². The Morgan fingerprint density at radius 3 is 2.82 bits per heavy atom. The second-order valence-electron chi connectivity index (χ2n) is 7.28. The largest absolute Gasteiger partial charge is 0.442 e. The molecule has 142 valence electrons. The molecule has 1 fully saturated rings. The van der Waals surface area contributed by atoms with Crippen molar-refractivity contribution in [3.05, 3.63) is 47.9 Å². The van der Waals surface area contributed by atoms with Crippen LogP contribution in [0.1, 0.15) is 11.3 Å². The van der Waals surface area contributed by atoms with Crippen LogP contribution in [0, 0.1) is 0 Å². The highest BCUT2D eigenvalue weighted by atomic mass is 16.5. The number of aromatic nitrogens is 2. The van der Waals surface area contributed by atoms with E-state index >= 15 is 0 Å². The van der Waals surface area contributed by atoms with Crippen molar-refractivity contribution in [2.75, 3.05) is 42.6 Å². The third-order valence-corrected chi connectivity index (χ3v) is 5.62. The Kier molecular flexibility index (Phi) is 3.55. The number of furan rings is 1. The van der Waals surface area contributed by atoms with Gasteiger partial charge < -0.3 is 23.4 Å². The molecule has 0 atom stereocenters. The summed E-state index contributed by atoms with van der Waals surface area (Å²) in [7, 11) is 0. The lowest BCUT2D eigenvalue weighted by molar-refractivity contribution is 0.120. The summed E-state index contributed by atoms with van der Waals surface area (Å²) in [4.78, 5) is 13.6. The van der Waals surface area contributed by atoms with Crippen LogP contribution < -0.4 is 9.80 Å². The standard InChI is InChI=1S/C21H20N4O3/c1-2-15-16-13-25(7-5-18(16)27-20(15)22-6-1)14-3-4-19-17(12-14)23-21(28-19)24-8-10-26-11-9-24/h1-4,6,12H,5,7-11,13H2. The number of anilines is 2. The zero-order valence-corrected chi connectivity index (χ0v) is 15.4. The van der Waals surface area contributed by atoms with Crippen molar-refractivity contribution in [2.24, 2.45) is 0 Å². The minimum Gasteiger partial charge on any atom is -0.442 e. The minimum atomic E-state index is 0.684. The van der Waals surface area contributed by atoms with E-state index in [0.717, 1.165) is 66.2 Å². The summed E-state index contributed by atoms with van der Waals surface area (Å²) in [6.45, 7) is 4.79. The first-order valence-corrected chi connectivity index (χ1v) is 9.69. The summed E-state index contributed by atoms with van der Waals surface area (Å²) in [5.41, 5.74) is 4.84. The van der Waals surface area contributed by atoms with Crippen molar-refractivity contribution >= 4 is 33.9 Å². The molecule has 3 aromatic heterocycles. The SMILES string of the molecule is c1cnc2oc3c(c2c1)CN(c1ccc2oc(N4CCOCC4)nc2c1)CC3. The molecular formula is C21H20N4O3. The minimum absolute atomic E-state index is 0.684. The highest BCUT2D eigenvalue weighted by Gasteiger charge is 2.24. The highest BCUT2D eigenvalue weighted by Crippen LogP contribution is 2.33. The van der Waals surface area contributed by atoms with E-state index in [1.807, 2.05) is 12.1 Å². The molecule has 0 radical (unpaired) electrons. The van der Waals surface area contributed by atoms with Gasteiger partial charge in [0.1, 0.15) is 11.3 Å². The smallest absolute Gasteiger partial charge is 0.298 e. The van der Waals surface area contributed by atoms with Gasteiger partial charge in [0.05, 0.1) is 13.2 Å². The number of rotatable bonds is 2. The molecule has 7 nitrogen and oxygen atoms in total. The zero-order chi connectivity index (χ0) is 18.5. The van der Waals surface area contributed by atoms with Crippen LogP contribution >= 0.6 is 0 Å². The monoisotopic (exact) mass is 376 g/mol. The van der Waals surface area contributed by atoms with E-state index in [1.54, 1.807) is 6.20 Å². The normalized spacial score (nSPS) is 17.4. The molecule has 0 unspecified atom stereocenters. The Morgan fingerprint density at radius 2 is 1.89 bits per heavy atom. The van der Waals surface area contributed by atoms with Gasteiger partial charge in [0.2, 0.25) is 5.71 Å². The number of benzene rings is 1. The Hall–Kier alpha value is -3.06. The third kappa shape index (κ3) is 2.54. The lowest BCUT2D eigenvalue weighted by atomic mass is 10.0. The van der Waals surface area contributed by atoms with Crippen molar-refractivity contribution in [3.63, 3.8) is 0 Å². The summed E-state index contributed by atoms with van der Waals surface area (Å²) in [5, 5.41) is 1.11. The molecule has 0 saturated carbocycles. The maximum Gasteiger partial charge on any atom is 0.298 e. The van der Waals surface area contributed by atoms with E-state index < -0.39 is 0 Å². The average Bonchev–Trinajstić information content (AvgIpc) is 3.34. The fourth-order valence-electron chi connectivity index (χ4n) is 4.12. The summed E-state index contributed by atoms with van der Waals surface area (Å²) >= 11 is 0. The van der Waals surface area contributed by atoms with Crippen LogP contribution in [0.5, 0.6) is 0 Å². The molecule has 0 amide bonds. The molecule has 0 N–H and O–H groups in total. The van der Waals surface area contributed by atoms with Gasteiger partial charge in [0.15, 0.2) is 5.58 Å². The fraction of sp³-hybridized carbons (Fsp3) is 0.333. The highest BCUT2D eigenvalue weighted by molar-refractivity contribution is 5.81. The summed E-state index contributed by atoms with van der Waals surface area (Å²) in [6.07, 6.45) is 2.65. The van der Waals surface area contributed by atoms with Gasteiger partial charge >= 0.3 is 0 Å². The lowest BCUT2D eigenvalue weighted by Crippen LogP contribution is -2.36. The molecular weight excluding hydrogens is 356 g/mol. The number of ether oxygens (including phenoxy) is 1. The number of nitrogens with zero attached hydrogens (tertiary/aromatic N) is 4. The van der Waals surface area contributed by atoms with Crippen LogP contribution in [0.3, 0.4) is 0 Å². The van der Waals surface area contributed by atoms with E-state index in [9.17, 15) is 0 Å². The number of hydrogen-bond donors (Lipinski definition) is 0. The Labute approximate surface area is 161 Å². The molecule has 4 aromatic rings. The van der Waals surface area contributed by atoms with E-state index in [-0.39, 0.29) is 0 Å². The fourth-order valence-corrected chi connectivity index (χ4v) is 4.12. The first-order valence-electron chi connectivity index (χ1n) is 9.69. The van der Waals surface area contributed by atoms with Gasteiger partial charge in [-0.3, -0.25) is 0 Å². The molecule has 1 aromatic carbocycles. The van der Waals surface area contributed by atoms with E-state index in [0.29, 0.717) is 19.2 Å². The summed E-state index contributed by atoms with van der Waals surface area (Å²) in [5.74, 6) is 1.06. The second kappa shape index (κ2) is 6.24. The van der Waals surface area contributed by atoms with Gasteiger partial charge in [-0.05, 0) is 30.3 Å². The van der Waals surface area contributed by atoms with Crippen molar-refractivity contribution in [1.29, 1.82) is 0 Å². The first-order chi connectivity index (χ1) is 13.8. The van der Waals surface area contributed by atoms with Crippen LogP contribution in [0.2, 0.25) is 0 Å². The number of morpholine rings is 1. The lowest BCUT2D eigenvalue weighted by Gasteiger charge is -2.28. The summed E-state index contributed by atoms with van der Waals surface area (Å²) in [6, 6.07) is 11.0. The topological polar surface area (TPSA) is 67.8 Å². The maximum absolute atomic E-state index is 5.97. The molecule has 2 aliphatic rings. The van der Waals surface area contributed by atoms with E-state index in [4.69, 9.17) is 18.6 Å². The molecule has 7 heteroatoms. The number of hydrogen-bond acceptors (Lipinski definition) is 7. The van der Waals surface area contributed by atoms with Crippen LogP contribution in [-0.2, 0) is 17.7 Å². The van der Waals surface area contributed by atoms with Crippen molar-refractivity contribution in [2.45, 2.75) is 13.0 Å². The van der Waals surface area contributed by atoms with Crippen LogP contribution in [0.15, 0.2) is 45.4 Å². The third-order valence-electron chi connectivity index (χ3n) is 5.62. The number of fused-ring (bicyclic) bond motifs is 4. The van der Waals surface area contributed by atoms with Crippen LogP contribution in [0.4, 0.5) is 11.7 Å². The van der Waals surface area contributed by atoms with Gasteiger partial charge in [-0.2, -0.15) is 4.98 Å². The second-order valence-corrected chi connectivity index (χ2v) is 7.28. The van der Waals surface area contributed by atoms with Crippen LogP contribution in [-0.4, -0.2) is 42.8 Å². The first kappa shape index (κ1) is 15.9. The quantitative estimate of drug-likeness (QED) is 0.531. The van der Waals surface area contributed by atoms with E-state index in [2.05, 4.69) is 33.0 Å². The number of oxazole rings is 1. The molecule has 0 aliphatic carbocycles. The van der Waals surface area contributed by atoms with Gasteiger partial charge in [0, 0.05) is 55.4 Å². The summed E-state index contributed by atoms with van der Waals surface area (Å²) < 4.78 is 17.3. The Balaban J connectivity index is 1.32. The predicted octanol–water partition coefficient (Wildman–Crippen LogP) is 3.37. The molecule has 0 spiro atoms. The molecule has 2 aliphatic heterocycles. The predicted molar refractivity (Wildman–Crippen MR) is 106 cm³/mol. The van der Waals surface area contributed by atoms with Gasteiger partial charge in [0.25, 0.3) is 6.01 Å². The molecule has 28 heavy (non-hydrogen) atoms. The Morgan fingerprint density at radius 1 is 0.964 bits per heavy atom. The van der Waals surface area contributed by atoms with Crippen molar-refractivity contribution in [1.82, 2.24) is 9.97 Å². The molecule has 6 rings (SSSR count). The van der Waals surface area contributed by atoms with Gasteiger partial charge in [-0.1, -0.05) is 0 Å². The maximum atomic E-state index is 5.97. The zero-order valence-electron chi connectivity index (χ0n) is 15.4. The molecule has 0 bridgehead atoms. The Bertz CT molecular complexity index is 1160. The van der Waals surface area contributed by atoms with Gasteiger partial charge in [-0.15, -0.1) is 0 Å². The number of pyridine rings is 1. The molecule has 5 heterocycles. The van der Waals surface area contributed by atoms with Crippen molar-refractivity contribution in [3.8, 4) is 0 Å². The molecule has 1 saturated heterocycles.